The minimum Gasteiger partial charge on any atom is -0.478 e. The lowest BCUT2D eigenvalue weighted by molar-refractivity contribution is 0.0698. The fourth-order valence-corrected chi connectivity index (χ4v) is 1.57. The number of allylic oxidation sites excluding steroid dienone is 4. The molecule has 0 aliphatic carbocycles. The van der Waals surface area contributed by atoms with E-state index in [1.165, 1.54) is 0 Å². The number of benzene rings is 1. The molecule has 3 nitrogen and oxygen atoms in total. The van der Waals surface area contributed by atoms with Crippen LogP contribution < -0.4 is 5.32 Å². The van der Waals surface area contributed by atoms with Crippen molar-refractivity contribution in [3.8, 4) is 0 Å². The van der Waals surface area contributed by atoms with Gasteiger partial charge in [-0.2, -0.15) is 0 Å². The smallest absolute Gasteiger partial charge is 0.337 e. The molecule has 0 aromatic heterocycles. The van der Waals surface area contributed by atoms with Crippen LogP contribution in [0.25, 0.3) is 0 Å². The molecule has 0 saturated heterocycles. The summed E-state index contributed by atoms with van der Waals surface area (Å²) in [6.45, 7) is 9.70. The van der Waals surface area contributed by atoms with E-state index in [4.69, 9.17) is 5.11 Å². The molecule has 2 N–H and O–H groups in total. The summed E-state index contributed by atoms with van der Waals surface area (Å²) in [6, 6.07) is 6.84. The molecule has 0 aliphatic rings. The van der Waals surface area contributed by atoms with E-state index in [1.807, 2.05) is 26.8 Å². The summed E-state index contributed by atoms with van der Waals surface area (Å²) in [5.74, 6) is -0.948. The third kappa shape index (κ3) is 3.85. The molecule has 3 heteroatoms. The Morgan fingerprint density at radius 1 is 1.26 bits per heavy atom. The molecule has 0 saturated carbocycles. The van der Waals surface area contributed by atoms with Crippen molar-refractivity contribution in [3.05, 3.63) is 65.4 Å². The van der Waals surface area contributed by atoms with Crippen molar-refractivity contribution in [3.63, 3.8) is 0 Å². The van der Waals surface area contributed by atoms with Crippen LogP contribution in [0.2, 0.25) is 0 Å². The van der Waals surface area contributed by atoms with Crippen molar-refractivity contribution >= 4 is 11.7 Å². The molecule has 19 heavy (non-hydrogen) atoms. The summed E-state index contributed by atoms with van der Waals surface area (Å²) in [7, 11) is 0. The number of carbonyl (C=O) groups is 1. The summed E-state index contributed by atoms with van der Waals surface area (Å²) in [5.41, 5.74) is 3.90. The lowest BCUT2D eigenvalue weighted by Crippen LogP contribution is -2.07. The molecular formula is C16H19NO2. The Bertz CT molecular complexity index is 550. The molecule has 1 aromatic carbocycles. The molecule has 0 atom stereocenters. The van der Waals surface area contributed by atoms with Crippen LogP contribution in [0, 0.1) is 0 Å². The Morgan fingerprint density at radius 3 is 2.42 bits per heavy atom. The predicted molar refractivity (Wildman–Crippen MR) is 79.4 cm³/mol. The van der Waals surface area contributed by atoms with Gasteiger partial charge in [-0.1, -0.05) is 30.4 Å². The number of carboxylic acids is 1. The summed E-state index contributed by atoms with van der Waals surface area (Å²) in [5, 5.41) is 12.3. The number of aromatic carboxylic acids is 1. The Morgan fingerprint density at radius 2 is 1.89 bits per heavy atom. The van der Waals surface area contributed by atoms with Gasteiger partial charge in [0.2, 0.25) is 0 Å². The number of anilines is 1. The van der Waals surface area contributed by atoms with E-state index < -0.39 is 5.97 Å². The lowest BCUT2D eigenvalue weighted by atomic mass is 10.1. The molecule has 1 aromatic rings. The third-order valence-electron chi connectivity index (χ3n) is 2.87. The van der Waals surface area contributed by atoms with E-state index in [9.17, 15) is 4.79 Å². The minimum absolute atomic E-state index is 0.249. The predicted octanol–water partition coefficient (Wildman–Crippen LogP) is 4.22. The molecule has 0 spiro atoms. The Hall–Kier alpha value is -2.29. The van der Waals surface area contributed by atoms with Crippen molar-refractivity contribution in [2.75, 3.05) is 5.32 Å². The van der Waals surface area contributed by atoms with Crippen LogP contribution in [0.3, 0.4) is 0 Å². The number of carboxylic acid groups (broad SMARTS) is 1. The second kappa shape index (κ2) is 6.59. The van der Waals surface area contributed by atoms with Crippen molar-refractivity contribution in [1.29, 1.82) is 0 Å². The van der Waals surface area contributed by atoms with Gasteiger partial charge in [-0.3, -0.25) is 0 Å². The van der Waals surface area contributed by atoms with E-state index in [1.54, 1.807) is 30.3 Å². The van der Waals surface area contributed by atoms with E-state index in [2.05, 4.69) is 11.9 Å². The maximum Gasteiger partial charge on any atom is 0.337 e. The number of nitrogens with one attached hydrogen (secondary N) is 1. The molecule has 0 radical (unpaired) electrons. The molecule has 0 aliphatic heterocycles. The molecule has 0 heterocycles. The summed E-state index contributed by atoms with van der Waals surface area (Å²) in [4.78, 5) is 11.2. The van der Waals surface area contributed by atoms with Crippen LogP contribution in [0.1, 0.15) is 31.1 Å². The van der Waals surface area contributed by atoms with Crippen molar-refractivity contribution in [2.45, 2.75) is 20.8 Å². The molecule has 0 fully saturated rings. The first-order valence-corrected chi connectivity index (χ1v) is 6.04. The van der Waals surface area contributed by atoms with E-state index in [0.717, 1.165) is 16.8 Å². The Labute approximate surface area is 114 Å². The zero-order chi connectivity index (χ0) is 14.4. The highest BCUT2D eigenvalue weighted by Crippen LogP contribution is 2.21. The van der Waals surface area contributed by atoms with Crippen LogP contribution in [0.15, 0.2) is 59.8 Å². The number of hydrogen-bond donors (Lipinski definition) is 2. The fourth-order valence-electron chi connectivity index (χ4n) is 1.57. The van der Waals surface area contributed by atoms with Crippen molar-refractivity contribution in [1.82, 2.24) is 0 Å². The maximum absolute atomic E-state index is 11.2. The largest absolute Gasteiger partial charge is 0.478 e. The normalized spacial score (nSPS) is 10.8. The fraction of sp³-hybridized carbons (Fsp3) is 0.188. The van der Waals surface area contributed by atoms with Gasteiger partial charge in [0.15, 0.2) is 0 Å². The van der Waals surface area contributed by atoms with Crippen molar-refractivity contribution in [2.24, 2.45) is 0 Å². The van der Waals surface area contributed by atoms with E-state index in [-0.39, 0.29) is 5.56 Å². The van der Waals surface area contributed by atoms with Gasteiger partial charge >= 0.3 is 5.97 Å². The third-order valence-corrected chi connectivity index (χ3v) is 2.87. The van der Waals surface area contributed by atoms with E-state index in [0.29, 0.717) is 5.69 Å². The van der Waals surface area contributed by atoms with Crippen LogP contribution in [-0.2, 0) is 0 Å². The molecule has 0 unspecified atom stereocenters. The highest BCUT2D eigenvalue weighted by Gasteiger charge is 2.10. The van der Waals surface area contributed by atoms with Crippen LogP contribution in [-0.4, -0.2) is 11.1 Å². The van der Waals surface area contributed by atoms with Gasteiger partial charge in [0.25, 0.3) is 0 Å². The van der Waals surface area contributed by atoms with Gasteiger partial charge in [0.1, 0.15) is 0 Å². The number of rotatable bonds is 5. The standard InChI is InChI=1S/C16H19NO2/c1-5-8-14(12(4)11(2)3)17-15-10-7-6-9-13(15)16(18)19/h5-10,17H,1H2,2-4H3,(H,18,19)/b14-8+. The summed E-state index contributed by atoms with van der Waals surface area (Å²) < 4.78 is 0. The maximum atomic E-state index is 11.2. The van der Waals surface area contributed by atoms with E-state index >= 15 is 0 Å². The summed E-state index contributed by atoms with van der Waals surface area (Å²) in [6.07, 6.45) is 3.51. The molecule has 0 amide bonds. The second-order valence-corrected chi connectivity index (χ2v) is 4.42. The quantitative estimate of drug-likeness (QED) is 0.776. The first-order chi connectivity index (χ1) is 8.97. The molecule has 0 bridgehead atoms. The zero-order valence-electron chi connectivity index (χ0n) is 11.5. The average molecular weight is 257 g/mol. The monoisotopic (exact) mass is 257 g/mol. The average Bonchev–Trinajstić information content (AvgIpc) is 2.37. The highest BCUT2D eigenvalue weighted by atomic mass is 16.4. The van der Waals surface area contributed by atoms with Crippen molar-refractivity contribution < 1.29 is 9.90 Å². The van der Waals surface area contributed by atoms with Gasteiger partial charge in [-0.05, 0) is 44.6 Å². The van der Waals surface area contributed by atoms with Crippen LogP contribution in [0.5, 0.6) is 0 Å². The van der Waals surface area contributed by atoms with Gasteiger partial charge in [0.05, 0.1) is 11.3 Å². The SMILES string of the molecule is C=C/C=C(/Nc1ccccc1C(=O)O)C(C)=C(C)C. The Kier molecular flexibility index (Phi) is 5.12. The van der Waals surface area contributed by atoms with Gasteiger partial charge < -0.3 is 10.4 Å². The zero-order valence-corrected chi connectivity index (χ0v) is 11.5. The first kappa shape index (κ1) is 14.8. The van der Waals surface area contributed by atoms with Gasteiger partial charge in [-0.15, -0.1) is 0 Å². The Balaban J connectivity index is 3.19. The number of hydrogen-bond acceptors (Lipinski definition) is 2. The van der Waals surface area contributed by atoms with Gasteiger partial charge in [-0.25, -0.2) is 4.79 Å². The lowest BCUT2D eigenvalue weighted by Gasteiger charge is -2.14. The molecule has 100 valence electrons. The number of para-hydroxylation sites is 1. The first-order valence-electron chi connectivity index (χ1n) is 6.04. The summed E-state index contributed by atoms with van der Waals surface area (Å²) >= 11 is 0. The molecule has 1 rings (SSSR count). The van der Waals surface area contributed by atoms with Gasteiger partial charge in [0, 0.05) is 5.70 Å². The second-order valence-electron chi connectivity index (χ2n) is 4.42. The molecular weight excluding hydrogens is 238 g/mol. The minimum atomic E-state index is -0.948. The topological polar surface area (TPSA) is 49.3 Å². The van der Waals surface area contributed by atoms with Crippen LogP contribution in [0.4, 0.5) is 5.69 Å². The van der Waals surface area contributed by atoms with Crippen LogP contribution >= 0.6 is 0 Å². The highest BCUT2D eigenvalue weighted by molar-refractivity contribution is 5.94.